The maximum absolute atomic E-state index is 5.37. The fraction of sp³-hybridized carbons (Fsp3) is 0.786. The van der Waals surface area contributed by atoms with E-state index in [2.05, 4.69) is 27.3 Å². The van der Waals surface area contributed by atoms with E-state index < -0.39 is 0 Å². The molecule has 0 bridgehead atoms. The van der Waals surface area contributed by atoms with Crippen molar-refractivity contribution in [2.75, 3.05) is 32.8 Å². The zero-order chi connectivity index (χ0) is 13.1. The lowest BCUT2D eigenvalue weighted by Crippen LogP contribution is -2.44. The Morgan fingerprint density at radius 2 is 2.21 bits per heavy atom. The Hall–Kier alpha value is -0.910. The maximum Gasteiger partial charge on any atom is 0.0794 e. The lowest BCUT2D eigenvalue weighted by molar-refractivity contribution is 0.0343. The highest BCUT2D eigenvalue weighted by atomic mass is 16.5. The van der Waals surface area contributed by atoms with Gasteiger partial charge < -0.3 is 10.1 Å². The number of nitrogens with zero attached hydrogens (tertiary/aromatic N) is 2. The third kappa shape index (κ3) is 3.16. The van der Waals surface area contributed by atoms with Crippen LogP contribution in [0.5, 0.6) is 0 Å². The highest BCUT2D eigenvalue weighted by Gasteiger charge is 2.19. The molecule has 2 heterocycles. The third-order valence-electron chi connectivity index (χ3n) is 4.15. The molecule has 19 heavy (non-hydrogen) atoms. The first kappa shape index (κ1) is 13.1. The topological polar surface area (TPSA) is 53.2 Å². The van der Waals surface area contributed by atoms with Crippen molar-refractivity contribution in [3.8, 4) is 0 Å². The number of aryl methyl sites for hydroxylation is 1. The smallest absolute Gasteiger partial charge is 0.0794 e. The normalized spacial score (nSPS) is 21.5. The molecule has 1 aliphatic carbocycles. The third-order valence-corrected chi connectivity index (χ3v) is 4.15. The molecule has 5 heteroatoms. The SMILES string of the molecule is CC(CN1CCOCC1)NCc1n[nH]c2c1CCC2. The predicted molar refractivity (Wildman–Crippen MR) is 74.2 cm³/mol. The van der Waals surface area contributed by atoms with E-state index in [1.807, 2.05) is 0 Å². The van der Waals surface area contributed by atoms with Crippen molar-refractivity contribution >= 4 is 0 Å². The van der Waals surface area contributed by atoms with Gasteiger partial charge in [0.15, 0.2) is 0 Å². The van der Waals surface area contributed by atoms with Gasteiger partial charge in [0, 0.05) is 37.9 Å². The van der Waals surface area contributed by atoms with Crippen LogP contribution in [-0.2, 0) is 24.1 Å². The molecule has 5 nitrogen and oxygen atoms in total. The summed E-state index contributed by atoms with van der Waals surface area (Å²) in [4.78, 5) is 2.47. The van der Waals surface area contributed by atoms with E-state index in [1.54, 1.807) is 0 Å². The number of nitrogens with one attached hydrogen (secondary N) is 2. The van der Waals surface area contributed by atoms with E-state index in [0.717, 1.165) is 39.4 Å². The number of aromatic nitrogens is 2. The van der Waals surface area contributed by atoms with E-state index in [-0.39, 0.29) is 0 Å². The Balaban J connectivity index is 1.46. The van der Waals surface area contributed by atoms with Crippen LogP contribution in [0.1, 0.15) is 30.3 Å². The van der Waals surface area contributed by atoms with Gasteiger partial charge in [-0.2, -0.15) is 5.10 Å². The molecule has 2 aliphatic rings. The Morgan fingerprint density at radius 1 is 1.37 bits per heavy atom. The van der Waals surface area contributed by atoms with Gasteiger partial charge in [-0.1, -0.05) is 0 Å². The van der Waals surface area contributed by atoms with Gasteiger partial charge in [-0.3, -0.25) is 10.00 Å². The number of fused-ring (bicyclic) bond motifs is 1. The van der Waals surface area contributed by atoms with Gasteiger partial charge in [-0.15, -0.1) is 0 Å². The molecule has 1 atom stereocenters. The first-order valence-corrected chi connectivity index (χ1v) is 7.41. The number of morpholine rings is 1. The summed E-state index contributed by atoms with van der Waals surface area (Å²) in [5.41, 5.74) is 4.05. The summed E-state index contributed by atoms with van der Waals surface area (Å²) < 4.78 is 5.37. The second kappa shape index (κ2) is 6.03. The summed E-state index contributed by atoms with van der Waals surface area (Å²) in [6.07, 6.45) is 3.65. The number of ether oxygens (including phenoxy) is 1. The van der Waals surface area contributed by atoms with Crippen LogP contribution >= 0.6 is 0 Å². The van der Waals surface area contributed by atoms with E-state index in [1.165, 1.54) is 36.2 Å². The number of hydrogen-bond acceptors (Lipinski definition) is 4. The fourth-order valence-corrected chi connectivity index (χ4v) is 3.04. The van der Waals surface area contributed by atoms with Gasteiger partial charge in [-0.25, -0.2) is 0 Å². The predicted octanol–water partition coefficient (Wildman–Crippen LogP) is 0.709. The summed E-state index contributed by atoms with van der Waals surface area (Å²) in [5.74, 6) is 0. The van der Waals surface area contributed by atoms with Crippen molar-refractivity contribution in [2.24, 2.45) is 0 Å². The molecule has 106 valence electrons. The van der Waals surface area contributed by atoms with Crippen molar-refractivity contribution < 1.29 is 4.74 Å². The van der Waals surface area contributed by atoms with Gasteiger partial charge >= 0.3 is 0 Å². The standard InChI is InChI=1S/C14H24N4O/c1-11(10-18-5-7-19-8-6-18)15-9-14-12-3-2-4-13(12)16-17-14/h11,15H,2-10H2,1H3,(H,16,17). The average Bonchev–Trinajstić information content (AvgIpc) is 3.01. The molecule has 1 unspecified atom stereocenters. The van der Waals surface area contributed by atoms with Gasteiger partial charge in [0.25, 0.3) is 0 Å². The summed E-state index contributed by atoms with van der Waals surface area (Å²) in [5, 5.41) is 11.2. The molecular formula is C14H24N4O. The van der Waals surface area contributed by atoms with Crippen molar-refractivity contribution in [1.29, 1.82) is 0 Å². The molecule has 1 aromatic heterocycles. The number of hydrogen-bond donors (Lipinski definition) is 2. The quantitative estimate of drug-likeness (QED) is 0.822. The van der Waals surface area contributed by atoms with Crippen LogP contribution < -0.4 is 5.32 Å². The summed E-state index contributed by atoms with van der Waals surface area (Å²) in [7, 11) is 0. The molecule has 2 N–H and O–H groups in total. The lowest BCUT2D eigenvalue weighted by Gasteiger charge is -2.29. The average molecular weight is 264 g/mol. The van der Waals surface area contributed by atoms with Crippen LogP contribution in [0, 0.1) is 0 Å². The molecule has 3 rings (SSSR count). The second-order valence-electron chi connectivity index (χ2n) is 5.68. The zero-order valence-corrected chi connectivity index (χ0v) is 11.7. The van der Waals surface area contributed by atoms with Crippen LogP contribution in [0.2, 0.25) is 0 Å². The zero-order valence-electron chi connectivity index (χ0n) is 11.7. The van der Waals surface area contributed by atoms with Crippen LogP contribution in [0.15, 0.2) is 0 Å². The molecule has 0 radical (unpaired) electrons. The minimum atomic E-state index is 0.492. The molecule has 0 spiro atoms. The monoisotopic (exact) mass is 264 g/mol. The first-order chi connectivity index (χ1) is 9.33. The Labute approximate surface area is 114 Å². The fourth-order valence-electron chi connectivity index (χ4n) is 3.04. The minimum Gasteiger partial charge on any atom is -0.379 e. The maximum atomic E-state index is 5.37. The molecular weight excluding hydrogens is 240 g/mol. The van der Waals surface area contributed by atoms with Crippen molar-refractivity contribution in [1.82, 2.24) is 20.4 Å². The minimum absolute atomic E-state index is 0.492. The van der Waals surface area contributed by atoms with Crippen LogP contribution in [0.3, 0.4) is 0 Å². The highest BCUT2D eigenvalue weighted by Crippen LogP contribution is 2.22. The molecule has 1 aromatic rings. The highest BCUT2D eigenvalue weighted by molar-refractivity contribution is 5.29. The van der Waals surface area contributed by atoms with Gasteiger partial charge in [0.1, 0.15) is 0 Å². The van der Waals surface area contributed by atoms with Crippen LogP contribution in [-0.4, -0.2) is 54.0 Å². The first-order valence-electron chi connectivity index (χ1n) is 7.41. The largest absolute Gasteiger partial charge is 0.379 e. The Bertz CT molecular complexity index is 412. The van der Waals surface area contributed by atoms with Gasteiger partial charge in [0.2, 0.25) is 0 Å². The lowest BCUT2D eigenvalue weighted by atomic mass is 10.2. The molecule has 0 amide bonds. The van der Waals surface area contributed by atoms with E-state index in [0.29, 0.717) is 6.04 Å². The molecule has 0 aromatic carbocycles. The van der Waals surface area contributed by atoms with Crippen LogP contribution in [0.4, 0.5) is 0 Å². The Kier molecular flexibility index (Phi) is 4.15. The number of aromatic amines is 1. The second-order valence-corrected chi connectivity index (χ2v) is 5.68. The van der Waals surface area contributed by atoms with Gasteiger partial charge in [-0.05, 0) is 31.7 Å². The molecule has 0 saturated carbocycles. The Morgan fingerprint density at radius 3 is 3.05 bits per heavy atom. The van der Waals surface area contributed by atoms with E-state index in [4.69, 9.17) is 4.74 Å². The molecule has 1 aliphatic heterocycles. The molecule has 1 saturated heterocycles. The summed E-state index contributed by atoms with van der Waals surface area (Å²) >= 11 is 0. The van der Waals surface area contributed by atoms with E-state index in [9.17, 15) is 0 Å². The number of rotatable bonds is 5. The molecule has 1 fully saturated rings. The van der Waals surface area contributed by atoms with Gasteiger partial charge in [0.05, 0.1) is 18.9 Å². The van der Waals surface area contributed by atoms with E-state index >= 15 is 0 Å². The van der Waals surface area contributed by atoms with Crippen molar-refractivity contribution in [2.45, 2.75) is 38.8 Å². The van der Waals surface area contributed by atoms with Crippen LogP contribution in [0.25, 0.3) is 0 Å². The number of H-pyrrole nitrogens is 1. The van der Waals surface area contributed by atoms with Crippen molar-refractivity contribution in [3.05, 3.63) is 17.0 Å². The summed E-state index contributed by atoms with van der Waals surface area (Å²) in [6, 6.07) is 0.492. The van der Waals surface area contributed by atoms with Crippen molar-refractivity contribution in [3.63, 3.8) is 0 Å². The summed E-state index contributed by atoms with van der Waals surface area (Å²) in [6.45, 7) is 8.10.